The van der Waals surface area contributed by atoms with E-state index in [1.807, 2.05) is 6.92 Å². The Morgan fingerprint density at radius 1 is 1.69 bits per heavy atom. The summed E-state index contributed by atoms with van der Waals surface area (Å²) in [5.41, 5.74) is 1.59. The molecule has 0 aromatic carbocycles. The van der Waals surface area contributed by atoms with Crippen LogP contribution in [0.1, 0.15) is 28.5 Å². The van der Waals surface area contributed by atoms with Gasteiger partial charge in [0.1, 0.15) is 5.15 Å². The van der Waals surface area contributed by atoms with Gasteiger partial charge in [-0.2, -0.15) is 0 Å². The van der Waals surface area contributed by atoms with E-state index in [1.165, 1.54) is 0 Å². The van der Waals surface area contributed by atoms with Gasteiger partial charge in [0.05, 0.1) is 5.56 Å². The van der Waals surface area contributed by atoms with Gasteiger partial charge in [-0.05, 0) is 25.0 Å². The minimum atomic E-state index is -1.02. The van der Waals surface area contributed by atoms with Crippen molar-refractivity contribution in [1.82, 2.24) is 4.98 Å². The van der Waals surface area contributed by atoms with Crippen molar-refractivity contribution < 1.29 is 9.90 Å². The van der Waals surface area contributed by atoms with E-state index in [1.54, 1.807) is 13.0 Å². The molecule has 1 aromatic heterocycles. The van der Waals surface area contributed by atoms with Crippen LogP contribution >= 0.6 is 11.6 Å². The van der Waals surface area contributed by atoms with Crippen LogP contribution in [0.5, 0.6) is 0 Å². The fourth-order valence-corrected chi connectivity index (χ4v) is 1.54. The third-order valence-electron chi connectivity index (χ3n) is 1.78. The van der Waals surface area contributed by atoms with Crippen molar-refractivity contribution >= 4 is 17.6 Å². The molecular formula is C9H10ClNO2. The maximum atomic E-state index is 10.8. The van der Waals surface area contributed by atoms with Crippen molar-refractivity contribution in [3.05, 3.63) is 28.0 Å². The first-order valence-corrected chi connectivity index (χ1v) is 4.33. The second-order valence-electron chi connectivity index (χ2n) is 2.75. The number of nitrogens with zero attached hydrogens (tertiary/aromatic N) is 1. The summed E-state index contributed by atoms with van der Waals surface area (Å²) in [4.78, 5) is 14.7. The third kappa shape index (κ3) is 1.98. The molecule has 0 fully saturated rings. The van der Waals surface area contributed by atoms with Crippen LogP contribution in [-0.2, 0) is 6.42 Å². The summed E-state index contributed by atoms with van der Waals surface area (Å²) in [6.07, 6.45) is 0.644. The molecule has 0 amide bonds. The van der Waals surface area contributed by atoms with E-state index in [0.29, 0.717) is 6.42 Å². The number of aryl methyl sites for hydroxylation is 2. The highest BCUT2D eigenvalue weighted by Crippen LogP contribution is 2.19. The molecule has 0 unspecified atom stereocenters. The van der Waals surface area contributed by atoms with Crippen LogP contribution in [0.3, 0.4) is 0 Å². The first-order chi connectivity index (χ1) is 6.06. The van der Waals surface area contributed by atoms with Crippen LogP contribution in [0.4, 0.5) is 0 Å². The van der Waals surface area contributed by atoms with Crippen molar-refractivity contribution in [2.75, 3.05) is 0 Å². The Morgan fingerprint density at radius 2 is 2.31 bits per heavy atom. The molecule has 3 nitrogen and oxygen atoms in total. The molecule has 13 heavy (non-hydrogen) atoms. The molecule has 1 aromatic rings. The van der Waals surface area contributed by atoms with Crippen molar-refractivity contribution in [2.45, 2.75) is 20.3 Å². The van der Waals surface area contributed by atoms with E-state index in [9.17, 15) is 4.79 Å². The van der Waals surface area contributed by atoms with Gasteiger partial charge in [-0.15, -0.1) is 0 Å². The standard InChI is InChI=1S/C9H10ClNO2/c1-3-6-4-5(2)11-8(10)7(6)9(12)13/h4H,3H2,1-2H3,(H,12,13). The Labute approximate surface area is 81.4 Å². The molecule has 1 rings (SSSR count). The van der Waals surface area contributed by atoms with Gasteiger partial charge in [-0.1, -0.05) is 18.5 Å². The second-order valence-corrected chi connectivity index (χ2v) is 3.11. The van der Waals surface area contributed by atoms with Gasteiger partial charge < -0.3 is 5.11 Å². The van der Waals surface area contributed by atoms with Gasteiger partial charge in [0.25, 0.3) is 0 Å². The van der Waals surface area contributed by atoms with E-state index in [2.05, 4.69) is 4.98 Å². The zero-order valence-corrected chi connectivity index (χ0v) is 8.22. The minimum Gasteiger partial charge on any atom is -0.478 e. The fraction of sp³-hybridized carbons (Fsp3) is 0.333. The molecule has 4 heteroatoms. The van der Waals surface area contributed by atoms with Gasteiger partial charge in [-0.3, -0.25) is 0 Å². The number of halogens is 1. The number of rotatable bonds is 2. The minimum absolute atomic E-state index is 0.0735. The van der Waals surface area contributed by atoms with Gasteiger partial charge in [0.15, 0.2) is 0 Å². The Bertz CT molecular complexity index is 350. The number of aromatic carboxylic acids is 1. The van der Waals surface area contributed by atoms with Crippen LogP contribution in [0, 0.1) is 6.92 Å². The summed E-state index contributed by atoms with van der Waals surface area (Å²) in [6.45, 7) is 3.67. The topological polar surface area (TPSA) is 50.2 Å². The van der Waals surface area contributed by atoms with Gasteiger partial charge in [0, 0.05) is 5.69 Å². The number of carboxylic acid groups (broad SMARTS) is 1. The summed E-state index contributed by atoms with van der Waals surface area (Å²) in [7, 11) is 0. The van der Waals surface area contributed by atoms with Crippen LogP contribution in [0.25, 0.3) is 0 Å². The van der Waals surface area contributed by atoms with E-state index < -0.39 is 5.97 Å². The number of pyridine rings is 1. The third-order valence-corrected chi connectivity index (χ3v) is 2.05. The van der Waals surface area contributed by atoms with Gasteiger partial charge in [-0.25, -0.2) is 9.78 Å². The summed E-state index contributed by atoms with van der Waals surface area (Å²) < 4.78 is 0. The molecule has 1 N–H and O–H groups in total. The molecular weight excluding hydrogens is 190 g/mol. The molecule has 0 spiro atoms. The largest absolute Gasteiger partial charge is 0.478 e. The lowest BCUT2D eigenvalue weighted by Crippen LogP contribution is -2.05. The molecule has 0 radical (unpaired) electrons. The Balaban J connectivity index is 3.38. The molecule has 0 saturated heterocycles. The number of hydrogen-bond donors (Lipinski definition) is 1. The van der Waals surface area contributed by atoms with E-state index in [4.69, 9.17) is 16.7 Å². The molecule has 0 atom stereocenters. The van der Waals surface area contributed by atoms with E-state index in [-0.39, 0.29) is 10.7 Å². The SMILES string of the molecule is CCc1cc(C)nc(Cl)c1C(=O)O. The summed E-state index contributed by atoms with van der Waals surface area (Å²) in [6, 6.07) is 1.75. The lowest BCUT2D eigenvalue weighted by atomic mass is 10.1. The normalized spacial score (nSPS) is 10.1. The molecule has 1 heterocycles. The van der Waals surface area contributed by atoms with Crippen molar-refractivity contribution in [3.63, 3.8) is 0 Å². The first-order valence-electron chi connectivity index (χ1n) is 3.95. The highest BCUT2D eigenvalue weighted by molar-refractivity contribution is 6.32. The van der Waals surface area contributed by atoms with Crippen molar-refractivity contribution in [1.29, 1.82) is 0 Å². The molecule has 0 aliphatic heterocycles. The average molecular weight is 200 g/mol. The fourth-order valence-electron chi connectivity index (χ4n) is 1.20. The summed E-state index contributed by atoms with van der Waals surface area (Å²) in [5.74, 6) is -1.02. The first kappa shape index (κ1) is 9.99. The van der Waals surface area contributed by atoms with Crippen LogP contribution in [-0.4, -0.2) is 16.1 Å². The van der Waals surface area contributed by atoms with Crippen molar-refractivity contribution in [3.8, 4) is 0 Å². The predicted molar refractivity (Wildman–Crippen MR) is 50.3 cm³/mol. The lowest BCUT2D eigenvalue weighted by molar-refractivity contribution is 0.0695. The smallest absolute Gasteiger partial charge is 0.339 e. The van der Waals surface area contributed by atoms with Gasteiger partial charge >= 0.3 is 5.97 Å². The van der Waals surface area contributed by atoms with Crippen LogP contribution < -0.4 is 0 Å². The molecule has 70 valence electrons. The van der Waals surface area contributed by atoms with E-state index >= 15 is 0 Å². The second kappa shape index (κ2) is 3.75. The highest BCUT2D eigenvalue weighted by Gasteiger charge is 2.14. The van der Waals surface area contributed by atoms with Crippen LogP contribution in [0.2, 0.25) is 5.15 Å². The zero-order valence-electron chi connectivity index (χ0n) is 7.47. The van der Waals surface area contributed by atoms with E-state index in [0.717, 1.165) is 11.3 Å². The maximum Gasteiger partial charge on any atom is 0.339 e. The zero-order chi connectivity index (χ0) is 10.0. The molecule has 0 aliphatic rings. The monoisotopic (exact) mass is 199 g/mol. The predicted octanol–water partition coefficient (Wildman–Crippen LogP) is 2.30. The number of hydrogen-bond acceptors (Lipinski definition) is 2. The Morgan fingerprint density at radius 3 is 2.77 bits per heavy atom. The summed E-state index contributed by atoms with van der Waals surface area (Å²) >= 11 is 5.72. The summed E-state index contributed by atoms with van der Waals surface area (Å²) in [5, 5.41) is 8.92. The quantitative estimate of drug-likeness (QED) is 0.744. The van der Waals surface area contributed by atoms with Gasteiger partial charge in [0.2, 0.25) is 0 Å². The van der Waals surface area contributed by atoms with Crippen LogP contribution in [0.15, 0.2) is 6.07 Å². The molecule has 0 saturated carbocycles. The van der Waals surface area contributed by atoms with Crippen molar-refractivity contribution in [2.24, 2.45) is 0 Å². The Kier molecular flexibility index (Phi) is 2.88. The number of carboxylic acids is 1. The number of aromatic nitrogens is 1. The average Bonchev–Trinajstić information content (AvgIpc) is 2.01. The lowest BCUT2D eigenvalue weighted by Gasteiger charge is -2.05. The maximum absolute atomic E-state index is 10.8. The molecule has 0 aliphatic carbocycles. The highest BCUT2D eigenvalue weighted by atomic mass is 35.5. The Hall–Kier alpha value is -1.09. The number of carbonyl (C=O) groups is 1. The molecule has 0 bridgehead atoms.